The summed E-state index contributed by atoms with van der Waals surface area (Å²) >= 11 is 0. The average Bonchev–Trinajstić information content (AvgIpc) is 3.38. The minimum absolute atomic E-state index is 0.103. The molecule has 0 radical (unpaired) electrons. The van der Waals surface area contributed by atoms with Gasteiger partial charge in [-0.2, -0.15) is 0 Å². The van der Waals surface area contributed by atoms with E-state index in [1.54, 1.807) is 0 Å². The van der Waals surface area contributed by atoms with E-state index in [2.05, 4.69) is 15.6 Å². The third kappa shape index (κ3) is 7.95. The monoisotopic (exact) mass is 521 g/mol. The summed E-state index contributed by atoms with van der Waals surface area (Å²) in [6.07, 6.45) is 12.5. The van der Waals surface area contributed by atoms with E-state index >= 15 is 0 Å². The standard InChI is InChI=1S/C31H43N3O4/c35-26-12-10-25(11-13-26)33-19-4-20-36-27-14-8-23(9-15-27)31-34-29-17-16-28(22-30(29)38-31)37-21-5-18-32-24-6-2-1-3-7-24/h8-9,14-17,22,24-26,32-33,35H,1-7,10-13,18-21H2/t25-,26-. The van der Waals surface area contributed by atoms with Crippen LogP contribution in [-0.2, 0) is 0 Å². The molecule has 0 bridgehead atoms. The van der Waals surface area contributed by atoms with Crippen molar-refractivity contribution in [2.75, 3.05) is 26.3 Å². The first kappa shape index (κ1) is 27.0. The minimum Gasteiger partial charge on any atom is -0.494 e. The first-order valence-electron chi connectivity index (χ1n) is 14.6. The normalized spacial score (nSPS) is 20.6. The van der Waals surface area contributed by atoms with Crippen molar-refractivity contribution in [1.29, 1.82) is 0 Å². The van der Waals surface area contributed by atoms with Gasteiger partial charge in [-0.15, -0.1) is 0 Å². The fraction of sp³-hybridized carbons (Fsp3) is 0.581. The summed E-state index contributed by atoms with van der Waals surface area (Å²) in [7, 11) is 0. The van der Waals surface area contributed by atoms with E-state index in [0.29, 0.717) is 31.2 Å². The van der Waals surface area contributed by atoms with Crippen molar-refractivity contribution in [2.24, 2.45) is 0 Å². The van der Waals surface area contributed by atoms with Crippen LogP contribution in [0.25, 0.3) is 22.6 Å². The summed E-state index contributed by atoms with van der Waals surface area (Å²) in [6.45, 7) is 3.30. The Morgan fingerprint density at radius 2 is 1.39 bits per heavy atom. The summed E-state index contributed by atoms with van der Waals surface area (Å²) in [5.74, 6) is 2.26. The highest BCUT2D eigenvalue weighted by atomic mass is 16.5. The van der Waals surface area contributed by atoms with Crippen LogP contribution in [0.5, 0.6) is 11.5 Å². The number of rotatable bonds is 13. The van der Waals surface area contributed by atoms with Crippen LogP contribution in [0.1, 0.15) is 70.6 Å². The number of nitrogens with one attached hydrogen (secondary N) is 2. The Morgan fingerprint density at radius 1 is 0.763 bits per heavy atom. The summed E-state index contributed by atoms with van der Waals surface area (Å²) in [5, 5.41) is 16.9. The van der Waals surface area contributed by atoms with Crippen molar-refractivity contribution in [3.8, 4) is 23.0 Å². The largest absolute Gasteiger partial charge is 0.494 e. The topological polar surface area (TPSA) is 88.8 Å². The third-order valence-electron chi connectivity index (χ3n) is 7.81. The zero-order chi connectivity index (χ0) is 26.0. The summed E-state index contributed by atoms with van der Waals surface area (Å²) < 4.78 is 17.9. The number of aliphatic hydroxyl groups excluding tert-OH is 1. The van der Waals surface area contributed by atoms with E-state index in [1.807, 2.05) is 42.5 Å². The molecule has 206 valence electrons. The van der Waals surface area contributed by atoms with Gasteiger partial charge in [0.15, 0.2) is 5.58 Å². The van der Waals surface area contributed by atoms with Crippen LogP contribution in [0.4, 0.5) is 0 Å². The summed E-state index contributed by atoms with van der Waals surface area (Å²) in [5.41, 5.74) is 2.48. The lowest BCUT2D eigenvalue weighted by Gasteiger charge is -2.26. The van der Waals surface area contributed by atoms with E-state index in [9.17, 15) is 5.11 Å². The van der Waals surface area contributed by atoms with Gasteiger partial charge in [0, 0.05) is 23.7 Å². The highest BCUT2D eigenvalue weighted by molar-refractivity contribution is 5.77. The number of benzene rings is 2. The Bertz CT molecular complexity index is 1100. The third-order valence-corrected chi connectivity index (χ3v) is 7.81. The van der Waals surface area contributed by atoms with Crippen molar-refractivity contribution >= 4 is 11.1 Å². The summed E-state index contributed by atoms with van der Waals surface area (Å²) in [6, 6.07) is 15.0. The Balaban J connectivity index is 1.03. The molecule has 1 aromatic heterocycles. The van der Waals surface area contributed by atoms with Crippen molar-refractivity contribution in [3.63, 3.8) is 0 Å². The zero-order valence-electron chi connectivity index (χ0n) is 22.5. The van der Waals surface area contributed by atoms with Gasteiger partial charge in [-0.1, -0.05) is 19.3 Å². The molecule has 38 heavy (non-hydrogen) atoms. The van der Waals surface area contributed by atoms with Crippen molar-refractivity contribution < 1.29 is 19.0 Å². The second kappa shape index (κ2) is 14.0. The highest BCUT2D eigenvalue weighted by Crippen LogP contribution is 2.28. The number of ether oxygens (including phenoxy) is 2. The molecule has 3 aromatic rings. The average molecular weight is 522 g/mol. The molecule has 2 fully saturated rings. The zero-order valence-corrected chi connectivity index (χ0v) is 22.5. The maximum atomic E-state index is 9.61. The maximum absolute atomic E-state index is 9.61. The number of aliphatic hydroxyl groups is 1. The second-order valence-corrected chi connectivity index (χ2v) is 10.8. The quantitative estimate of drug-likeness (QED) is 0.243. The number of hydrogen-bond acceptors (Lipinski definition) is 7. The van der Waals surface area contributed by atoms with Crippen molar-refractivity contribution in [2.45, 2.75) is 88.8 Å². The van der Waals surface area contributed by atoms with Gasteiger partial charge in [0.05, 0.1) is 19.3 Å². The predicted octanol–water partition coefficient (Wildman–Crippen LogP) is 5.85. The molecule has 2 aromatic carbocycles. The van der Waals surface area contributed by atoms with Crippen molar-refractivity contribution in [1.82, 2.24) is 15.6 Å². The Hall–Kier alpha value is -2.61. The summed E-state index contributed by atoms with van der Waals surface area (Å²) in [4.78, 5) is 4.65. The number of oxazole rings is 1. The van der Waals surface area contributed by atoms with E-state index in [-0.39, 0.29) is 6.10 Å². The van der Waals surface area contributed by atoms with Crippen LogP contribution in [-0.4, -0.2) is 54.6 Å². The van der Waals surface area contributed by atoms with Gasteiger partial charge in [-0.3, -0.25) is 0 Å². The van der Waals surface area contributed by atoms with Gasteiger partial charge in [0.2, 0.25) is 5.89 Å². The van der Waals surface area contributed by atoms with Crippen LogP contribution < -0.4 is 20.1 Å². The van der Waals surface area contributed by atoms with Crippen LogP contribution in [0, 0.1) is 0 Å². The molecule has 0 spiro atoms. The fourth-order valence-electron chi connectivity index (χ4n) is 5.54. The minimum atomic E-state index is -0.103. The fourth-order valence-corrected chi connectivity index (χ4v) is 5.54. The molecule has 0 amide bonds. The van der Waals surface area contributed by atoms with Gasteiger partial charge in [-0.05, 0) is 101 Å². The molecule has 7 nitrogen and oxygen atoms in total. The van der Waals surface area contributed by atoms with Crippen molar-refractivity contribution in [3.05, 3.63) is 42.5 Å². The highest BCUT2D eigenvalue weighted by Gasteiger charge is 2.18. The second-order valence-electron chi connectivity index (χ2n) is 10.8. The van der Waals surface area contributed by atoms with E-state index in [0.717, 1.165) is 79.8 Å². The molecule has 0 aliphatic heterocycles. The van der Waals surface area contributed by atoms with Gasteiger partial charge in [-0.25, -0.2) is 4.98 Å². The van der Waals surface area contributed by atoms with E-state index in [4.69, 9.17) is 13.9 Å². The molecule has 0 atom stereocenters. The lowest BCUT2D eigenvalue weighted by atomic mass is 9.93. The van der Waals surface area contributed by atoms with E-state index in [1.165, 1.54) is 32.1 Å². The molecular formula is C31H43N3O4. The molecule has 2 aliphatic carbocycles. The molecule has 0 saturated heterocycles. The van der Waals surface area contributed by atoms with Crippen LogP contribution in [0.3, 0.4) is 0 Å². The molecule has 1 heterocycles. The van der Waals surface area contributed by atoms with Crippen LogP contribution in [0.15, 0.2) is 46.9 Å². The number of aromatic nitrogens is 1. The maximum Gasteiger partial charge on any atom is 0.227 e. The number of nitrogens with zero attached hydrogens (tertiary/aromatic N) is 1. The number of hydrogen-bond donors (Lipinski definition) is 3. The first-order valence-corrected chi connectivity index (χ1v) is 14.6. The molecular weight excluding hydrogens is 478 g/mol. The molecule has 2 saturated carbocycles. The first-order chi connectivity index (χ1) is 18.7. The molecule has 7 heteroatoms. The lowest BCUT2D eigenvalue weighted by molar-refractivity contribution is 0.116. The SMILES string of the molecule is O[C@H]1CC[C@H](NCCCOc2ccc(-c3nc4ccc(OCCCNC5CCCCC5)cc4o3)cc2)CC1. The smallest absolute Gasteiger partial charge is 0.227 e. The van der Waals surface area contributed by atoms with Gasteiger partial charge in [0.1, 0.15) is 17.0 Å². The molecule has 2 aliphatic rings. The van der Waals surface area contributed by atoms with Crippen LogP contribution in [0.2, 0.25) is 0 Å². The van der Waals surface area contributed by atoms with Crippen LogP contribution >= 0.6 is 0 Å². The van der Waals surface area contributed by atoms with Gasteiger partial charge in [0.25, 0.3) is 0 Å². The lowest BCUT2D eigenvalue weighted by Crippen LogP contribution is -2.35. The Labute approximate surface area is 226 Å². The predicted molar refractivity (Wildman–Crippen MR) is 151 cm³/mol. The Kier molecular flexibility index (Phi) is 9.92. The number of fused-ring (bicyclic) bond motifs is 1. The Morgan fingerprint density at radius 3 is 2.11 bits per heavy atom. The van der Waals surface area contributed by atoms with Gasteiger partial charge < -0.3 is 29.6 Å². The molecule has 5 rings (SSSR count). The molecule has 0 unspecified atom stereocenters. The molecule has 3 N–H and O–H groups in total. The van der Waals surface area contributed by atoms with E-state index < -0.39 is 0 Å². The van der Waals surface area contributed by atoms with Gasteiger partial charge >= 0.3 is 0 Å².